The number of ketones is 1. The molecule has 1 aromatic heterocycles. The molecule has 1 unspecified atom stereocenters. The third kappa shape index (κ3) is 4.46. The van der Waals surface area contributed by atoms with Crippen LogP contribution in [0.4, 0.5) is 17.6 Å². The van der Waals surface area contributed by atoms with Crippen LogP contribution in [0.3, 0.4) is 0 Å². The van der Waals surface area contributed by atoms with Gasteiger partial charge in [0.15, 0.2) is 16.8 Å². The molecule has 0 radical (unpaired) electrons. The van der Waals surface area contributed by atoms with Crippen molar-refractivity contribution < 1.29 is 27.5 Å². The fourth-order valence-electron chi connectivity index (χ4n) is 4.14. The minimum Gasteiger partial charge on any atom is -0.379 e. The monoisotopic (exact) mass is 449 g/mol. The zero-order valence-electron chi connectivity index (χ0n) is 17.8. The third-order valence-electron chi connectivity index (χ3n) is 5.67. The van der Waals surface area contributed by atoms with Gasteiger partial charge in [-0.15, -0.1) is 0 Å². The van der Waals surface area contributed by atoms with Crippen molar-refractivity contribution in [3.8, 4) is 0 Å². The molecule has 0 spiro atoms. The van der Waals surface area contributed by atoms with Gasteiger partial charge in [-0.2, -0.15) is 13.2 Å². The number of Topliss-reactive ketones (excluding diaryl/α,β-unsaturated/α-hetero) is 1. The summed E-state index contributed by atoms with van der Waals surface area (Å²) in [7, 11) is 0. The van der Waals surface area contributed by atoms with E-state index in [0.717, 1.165) is 18.2 Å². The van der Waals surface area contributed by atoms with Gasteiger partial charge in [0, 0.05) is 23.2 Å². The van der Waals surface area contributed by atoms with Gasteiger partial charge < -0.3 is 9.67 Å². The lowest BCUT2D eigenvalue weighted by Crippen LogP contribution is -2.52. The number of alkyl halides is 3. The summed E-state index contributed by atoms with van der Waals surface area (Å²) < 4.78 is 57.7. The van der Waals surface area contributed by atoms with Crippen molar-refractivity contribution in [1.29, 1.82) is 0 Å². The molecular weight excluding hydrogens is 426 g/mol. The van der Waals surface area contributed by atoms with Crippen molar-refractivity contribution >= 4 is 16.7 Å². The zero-order chi connectivity index (χ0) is 23.9. The molecule has 2 aromatic carbocycles. The summed E-state index contributed by atoms with van der Waals surface area (Å²) in [6, 6.07) is 10.7. The maximum atomic E-state index is 14.2. The molecule has 0 aliphatic heterocycles. The molecule has 0 aliphatic rings. The molecule has 1 atom stereocenters. The molecule has 1 heterocycles. The second-order valence-corrected chi connectivity index (χ2v) is 8.66. The first-order chi connectivity index (χ1) is 14.7. The van der Waals surface area contributed by atoms with Crippen molar-refractivity contribution in [2.24, 2.45) is 0 Å². The number of hydrogen-bond acceptors (Lipinski definition) is 3. The number of hydrogen-bond donors (Lipinski definition) is 1. The van der Waals surface area contributed by atoms with Gasteiger partial charge in [0.25, 0.3) is 0 Å². The third-order valence-corrected chi connectivity index (χ3v) is 5.67. The summed E-state index contributed by atoms with van der Waals surface area (Å²) in [6.45, 7) is 3.21. The average molecular weight is 449 g/mol. The Morgan fingerprint density at radius 3 is 2.34 bits per heavy atom. The van der Waals surface area contributed by atoms with Crippen molar-refractivity contribution in [2.45, 2.75) is 50.9 Å². The van der Waals surface area contributed by atoms with Gasteiger partial charge in [-0.25, -0.2) is 4.39 Å². The second kappa shape index (κ2) is 8.16. The number of pyridine rings is 1. The number of benzene rings is 2. The molecule has 0 fully saturated rings. The predicted molar refractivity (Wildman–Crippen MR) is 113 cm³/mol. The van der Waals surface area contributed by atoms with Crippen LogP contribution in [-0.4, -0.2) is 27.2 Å². The first-order valence-corrected chi connectivity index (χ1v) is 9.93. The van der Waals surface area contributed by atoms with Crippen molar-refractivity contribution in [1.82, 2.24) is 4.57 Å². The number of carbonyl (C=O) groups is 1. The van der Waals surface area contributed by atoms with Gasteiger partial charge in [0.1, 0.15) is 5.82 Å². The number of carbonyl (C=O) groups excluding carboxylic acids is 1. The minimum absolute atomic E-state index is 0.0810. The standard InChI is InChI=1S/C24H23F4NO3/c1-15(30)17-9-8-16(25)12-19(17)22(2,3)13-23(32,24(26,27)28)14-29-11-10-21(31)18-6-4-5-7-20(18)29/h4-12,32H,13-14H2,1-3H3. The summed E-state index contributed by atoms with van der Waals surface area (Å²) in [4.78, 5) is 24.1. The van der Waals surface area contributed by atoms with Crippen LogP contribution in [0.2, 0.25) is 0 Å². The zero-order valence-corrected chi connectivity index (χ0v) is 17.8. The van der Waals surface area contributed by atoms with Crippen LogP contribution in [0.15, 0.2) is 59.5 Å². The predicted octanol–water partition coefficient (Wildman–Crippen LogP) is 5.00. The smallest absolute Gasteiger partial charge is 0.379 e. The molecule has 3 rings (SSSR count). The summed E-state index contributed by atoms with van der Waals surface area (Å²) >= 11 is 0. The van der Waals surface area contributed by atoms with Gasteiger partial charge >= 0.3 is 6.18 Å². The molecule has 3 aromatic rings. The van der Waals surface area contributed by atoms with E-state index in [9.17, 15) is 32.3 Å². The van der Waals surface area contributed by atoms with Crippen LogP contribution < -0.4 is 5.43 Å². The van der Waals surface area contributed by atoms with Crippen LogP contribution in [0.25, 0.3) is 10.9 Å². The Kier molecular flexibility index (Phi) is 6.04. The summed E-state index contributed by atoms with van der Waals surface area (Å²) in [5.74, 6) is -1.12. The summed E-state index contributed by atoms with van der Waals surface area (Å²) in [5, 5.41) is 11.1. The molecule has 0 aliphatic carbocycles. The van der Waals surface area contributed by atoms with E-state index in [1.54, 1.807) is 12.1 Å². The highest BCUT2D eigenvalue weighted by molar-refractivity contribution is 5.96. The van der Waals surface area contributed by atoms with Crippen LogP contribution in [-0.2, 0) is 12.0 Å². The van der Waals surface area contributed by atoms with Crippen molar-refractivity contribution in [2.75, 3.05) is 0 Å². The lowest BCUT2D eigenvalue weighted by molar-refractivity contribution is -0.271. The van der Waals surface area contributed by atoms with E-state index in [0.29, 0.717) is 0 Å². The van der Waals surface area contributed by atoms with E-state index in [4.69, 9.17) is 0 Å². The minimum atomic E-state index is -5.04. The number of para-hydroxylation sites is 1. The Balaban J connectivity index is 2.11. The van der Waals surface area contributed by atoms with E-state index in [1.807, 2.05) is 0 Å². The Bertz CT molecular complexity index is 1230. The SMILES string of the molecule is CC(=O)c1ccc(F)cc1C(C)(C)CC(O)(Cn1ccc(=O)c2ccccc21)C(F)(F)F. The van der Waals surface area contributed by atoms with Crippen molar-refractivity contribution in [3.05, 3.63) is 81.9 Å². The second-order valence-electron chi connectivity index (χ2n) is 8.66. The van der Waals surface area contributed by atoms with E-state index in [2.05, 4.69) is 0 Å². The Morgan fingerprint density at radius 2 is 1.72 bits per heavy atom. The first-order valence-electron chi connectivity index (χ1n) is 9.93. The van der Waals surface area contributed by atoms with Gasteiger partial charge in [0.05, 0.1) is 12.1 Å². The van der Waals surface area contributed by atoms with E-state index < -0.39 is 41.8 Å². The lowest BCUT2D eigenvalue weighted by atomic mass is 9.72. The highest BCUT2D eigenvalue weighted by Gasteiger charge is 2.56. The Morgan fingerprint density at radius 1 is 1.06 bits per heavy atom. The molecule has 0 bridgehead atoms. The van der Waals surface area contributed by atoms with Gasteiger partial charge in [-0.05, 0) is 54.7 Å². The van der Waals surface area contributed by atoms with E-state index in [1.165, 1.54) is 49.7 Å². The number of halogens is 4. The van der Waals surface area contributed by atoms with Crippen LogP contribution in [0, 0.1) is 5.82 Å². The quantitative estimate of drug-likeness (QED) is 0.425. The van der Waals surface area contributed by atoms with Gasteiger partial charge in [-0.1, -0.05) is 26.0 Å². The maximum absolute atomic E-state index is 14.2. The Hall–Kier alpha value is -3.00. The Labute approximate surface area is 182 Å². The lowest BCUT2D eigenvalue weighted by Gasteiger charge is -2.39. The van der Waals surface area contributed by atoms with Crippen molar-refractivity contribution in [3.63, 3.8) is 0 Å². The van der Waals surface area contributed by atoms with Crippen LogP contribution in [0.1, 0.15) is 43.1 Å². The average Bonchev–Trinajstić information content (AvgIpc) is 2.69. The molecule has 0 amide bonds. The fourth-order valence-corrected chi connectivity index (χ4v) is 4.14. The number of fused-ring (bicyclic) bond motifs is 1. The largest absolute Gasteiger partial charge is 0.418 e. The number of rotatable bonds is 6. The highest BCUT2D eigenvalue weighted by atomic mass is 19.4. The summed E-state index contributed by atoms with van der Waals surface area (Å²) in [6.07, 6.45) is -4.68. The van der Waals surface area contributed by atoms with E-state index >= 15 is 0 Å². The number of aliphatic hydroxyl groups is 1. The number of aromatic nitrogens is 1. The molecule has 8 heteroatoms. The molecule has 4 nitrogen and oxygen atoms in total. The van der Waals surface area contributed by atoms with Crippen LogP contribution in [0.5, 0.6) is 0 Å². The normalized spacial score (nSPS) is 14.4. The number of nitrogens with zero attached hydrogens (tertiary/aromatic N) is 1. The molecule has 32 heavy (non-hydrogen) atoms. The molecule has 0 saturated heterocycles. The molecular formula is C24H23F4NO3. The molecule has 1 N–H and O–H groups in total. The van der Waals surface area contributed by atoms with E-state index in [-0.39, 0.29) is 27.5 Å². The molecule has 170 valence electrons. The molecule has 0 saturated carbocycles. The van der Waals surface area contributed by atoms with Gasteiger partial charge in [0.2, 0.25) is 0 Å². The maximum Gasteiger partial charge on any atom is 0.418 e. The highest BCUT2D eigenvalue weighted by Crippen LogP contribution is 2.43. The van der Waals surface area contributed by atoms with Gasteiger partial charge in [-0.3, -0.25) is 9.59 Å². The fraction of sp³-hybridized carbons (Fsp3) is 0.333. The topological polar surface area (TPSA) is 59.3 Å². The van der Waals surface area contributed by atoms with Crippen LogP contribution >= 0.6 is 0 Å². The summed E-state index contributed by atoms with van der Waals surface area (Å²) in [5.41, 5.74) is -4.57. The first kappa shape index (κ1) is 23.7.